The molecule has 1 aromatic carbocycles. The van der Waals surface area contributed by atoms with Crippen molar-refractivity contribution in [2.75, 3.05) is 33.8 Å². The van der Waals surface area contributed by atoms with E-state index in [9.17, 15) is 4.79 Å². The van der Waals surface area contributed by atoms with E-state index in [-0.39, 0.29) is 17.3 Å². The molecule has 1 saturated heterocycles. The summed E-state index contributed by atoms with van der Waals surface area (Å²) in [6.45, 7) is 6.87. The maximum absolute atomic E-state index is 11.7. The molecule has 2 rings (SSSR count). The Morgan fingerprint density at radius 3 is 2.44 bits per heavy atom. The van der Waals surface area contributed by atoms with Crippen molar-refractivity contribution in [1.29, 1.82) is 0 Å². The number of nitrogens with zero attached hydrogens (tertiary/aromatic N) is 2. The lowest BCUT2D eigenvalue weighted by atomic mass is 9.84. The highest BCUT2D eigenvalue weighted by Crippen LogP contribution is 2.24. The Bertz CT molecular complexity index is 606. The first-order valence-electron chi connectivity index (χ1n) is 8.67. The molecular weight excluding hydrogens is 382 g/mol. The minimum atomic E-state index is -0.0982. The van der Waals surface area contributed by atoms with E-state index in [2.05, 4.69) is 69.3 Å². The van der Waals surface area contributed by atoms with Crippen LogP contribution >= 0.6 is 15.9 Å². The zero-order valence-electron chi connectivity index (χ0n) is 15.5. The van der Waals surface area contributed by atoms with Crippen LogP contribution in [0.15, 0.2) is 33.7 Å². The van der Waals surface area contributed by atoms with Crippen molar-refractivity contribution >= 4 is 27.9 Å². The summed E-state index contributed by atoms with van der Waals surface area (Å²) in [5.41, 5.74) is 1.27. The van der Waals surface area contributed by atoms with Gasteiger partial charge in [0.05, 0.1) is 13.0 Å². The molecular formula is C19H28BrN3O2. The van der Waals surface area contributed by atoms with Crippen LogP contribution < -0.4 is 5.32 Å². The Labute approximate surface area is 159 Å². The number of esters is 1. The number of piperidine rings is 1. The highest BCUT2D eigenvalue weighted by atomic mass is 79.9. The molecule has 25 heavy (non-hydrogen) atoms. The Hall–Kier alpha value is -1.56. The second kappa shape index (κ2) is 8.70. The van der Waals surface area contributed by atoms with E-state index in [0.717, 1.165) is 42.9 Å². The van der Waals surface area contributed by atoms with E-state index in [4.69, 9.17) is 4.74 Å². The molecule has 0 aliphatic carbocycles. The summed E-state index contributed by atoms with van der Waals surface area (Å²) >= 11 is 3.48. The minimum absolute atomic E-state index is 0.0126. The lowest BCUT2D eigenvalue weighted by molar-refractivity contribution is -0.146. The van der Waals surface area contributed by atoms with Crippen molar-refractivity contribution in [3.63, 3.8) is 0 Å². The van der Waals surface area contributed by atoms with E-state index in [0.29, 0.717) is 0 Å². The van der Waals surface area contributed by atoms with Crippen LogP contribution in [0.5, 0.6) is 0 Å². The van der Waals surface area contributed by atoms with Crippen molar-refractivity contribution in [2.45, 2.75) is 32.1 Å². The van der Waals surface area contributed by atoms with Gasteiger partial charge < -0.3 is 15.0 Å². The van der Waals surface area contributed by atoms with Crippen molar-refractivity contribution in [2.24, 2.45) is 10.9 Å². The summed E-state index contributed by atoms with van der Waals surface area (Å²) in [6, 6.07) is 8.44. The van der Waals surface area contributed by atoms with E-state index in [1.165, 1.54) is 12.7 Å². The van der Waals surface area contributed by atoms with Crippen molar-refractivity contribution < 1.29 is 9.53 Å². The number of benzene rings is 1. The summed E-state index contributed by atoms with van der Waals surface area (Å²) in [6.07, 6.45) is 1.62. The molecule has 0 aromatic heterocycles. The first-order chi connectivity index (χ1) is 11.9. The van der Waals surface area contributed by atoms with Crippen LogP contribution in [0, 0.1) is 5.92 Å². The summed E-state index contributed by atoms with van der Waals surface area (Å²) in [4.78, 5) is 18.3. The molecule has 138 valence electrons. The topological polar surface area (TPSA) is 53.9 Å². The lowest BCUT2D eigenvalue weighted by Crippen LogP contribution is -2.49. The molecule has 1 fully saturated rings. The van der Waals surface area contributed by atoms with E-state index >= 15 is 0 Å². The molecule has 0 amide bonds. The summed E-state index contributed by atoms with van der Waals surface area (Å²) in [7, 11) is 3.26. The standard InChI is InChI=1S/C19H28BrN3O2/c1-19(2,15-5-7-16(20)8-6-15)13-22-18(21-3)23-11-9-14(10-12-23)17(24)25-4/h5-8,14H,9-13H2,1-4H3,(H,21,22). The van der Waals surface area contributed by atoms with Gasteiger partial charge >= 0.3 is 5.97 Å². The smallest absolute Gasteiger partial charge is 0.308 e. The maximum atomic E-state index is 11.7. The molecule has 0 unspecified atom stereocenters. The molecule has 5 nitrogen and oxygen atoms in total. The number of nitrogens with one attached hydrogen (secondary N) is 1. The van der Waals surface area contributed by atoms with Crippen LogP contribution in [0.1, 0.15) is 32.3 Å². The highest BCUT2D eigenvalue weighted by molar-refractivity contribution is 9.10. The number of methoxy groups -OCH3 is 1. The number of ether oxygens (including phenoxy) is 1. The number of likely N-dealkylation sites (tertiary alicyclic amines) is 1. The first-order valence-corrected chi connectivity index (χ1v) is 9.46. The van der Waals surface area contributed by atoms with Gasteiger partial charge in [-0.15, -0.1) is 0 Å². The number of halogens is 1. The second-order valence-electron chi connectivity index (χ2n) is 7.08. The fourth-order valence-corrected chi connectivity index (χ4v) is 3.39. The molecule has 6 heteroatoms. The normalized spacial score (nSPS) is 16.7. The van der Waals surface area contributed by atoms with Gasteiger partial charge in [0.2, 0.25) is 0 Å². The van der Waals surface area contributed by atoms with Crippen molar-refractivity contribution in [3.05, 3.63) is 34.3 Å². The number of carbonyl (C=O) groups excluding carboxylic acids is 1. The molecule has 1 aliphatic rings. The molecule has 0 saturated carbocycles. The van der Waals surface area contributed by atoms with Gasteiger partial charge in [-0.3, -0.25) is 9.79 Å². The third kappa shape index (κ3) is 5.21. The minimum Gasteiger partial charge on any atom is -0.469 e. The molecule has 1 heterocycles. The number of guanidine groups is 1. The average molecular weight is 410 g/mol. The van der Waals surface area contributed by atoms with Crippen molar-refractivity contribution in [3.8, 4) is 0 Å². The number of hydrogen-bond donors (Lipinski definition) is 1. The molecule has 0 bridgehead atoms. The first kappa shape index (κ1) is 19.8. The van der Waals surface area contributed by atoms with E-state index in [1.807, 2.05) is 0 Å². The summed E-state index contributed by atoms with van der Waals surface area (Å²) < 4.78 is 5.94. The lowest BCUT2D eigenvalue weighted by Gasteiger charge is -2.35. The number of carbonyl (C=O) groups is 1. The van der Waals surface area contributed by atoms with E-state index in [1.54, 1.807) is 7.05 Å². The zero-order valence-corrected chi connectivity index (χ0v) is 17.1. The molecule has 1 N–H and O–H groups in total. The summed E-state index contributed by atoms with van der Waals surface area (Å²) in [5, 5.41) is 3.50. The van der Waals surface area contributed by atoms with Crippen LogP contribution in [-0.4, -0.2) is 50.6 Å². The summed E-state index contributed by atoms with van der Waals surface area (Å²) in [5.74, 6) is 0.811. The SMILES string of the molecule is CN=C(NCC(C)(C)c1ccc(Br)cc1)N1CCC(C(=O)OC)CC1. The zero-order chi connectivity index (χ0) is 18.4. The van der Waals surface area contributed by atoms with Gasteiger partial charge in [0.15, 0.2) is 5.96 Å². The van der Waals surface area contributed by atoms with Gasteiger partial charge in [-0.25, -0.2) is 0 Å². The Balaban J connectivity index is 1.92. The van der Waals surface area contributed by atoms with Crippen molar-refractivity contribution in [1.82, 2.24) is 10.2 Å². The molecule has 0 spiro atoms. The fraction of sp³-hybridized carbons (Fsp3) is 0.579. The Morgan fingerprint density at radius 2 is 1.92 bits per heavy atom. The highest BCUT2D eigenvalue weighted by Gasteiger charge is 2.28. The number of hydrogen-bond acceptors (Lipinski definition) is 3. The van der Waals surface area contributed by atoms with Crippen LogP contribution in [0.3, 0.4) is 0 Å². The van der Waals surface area contributed by atoms with Gasteiger partial charge in [0, 0.05) is 36.6 Å². The quantitative estimate of drug-likeness (QED) is 0.471. The van der Waals surface area contributed by atoms with E-state index < -0.39 is 0 Å². The van der Waals surface area contributed by atoms with Crippen LogP contribution in [-0.2, 0) is 14.9 Å². The van der Waals surface area contributed by atoms with Gasteiger partial charge in [0.1, 0.15) is 0 Å². The molecule has 0 atom stereocenters. The maximum Gasteiger partial charge on any atom is 0.308 e. The average Bonchev–Trinajstić information content (AvgIpc) is 2.62. The third-order valence-electron chi connectivity index (χ3n) is 4.85. The largest absolute Gasteiger partial charge is 0.469 e. The molecule has 1 aromatic rings. The predicted molar refractivity (Wildman–Crippen MR) is 105 cm³/mol. The third-order valence-corrected chi connectivity index (χ3v) is 5.38. The Morgan fingerprint density at radius 1 is 1.32 bits per heavy atom. The van der Waals surface area contributed by atoms with Gasteiger partial charge in [-0.2, -0.15) is 0 Å². The van der Waals surface area contributed by atoms with Crippen LogP contribution in [0.4, 0.5) is 0 Å². The second-order valence-corrected chi connectivity index (χ2v) is 7.99. The molecule has 1 aliphatic heterocycles. The Kier molecular flexibility index (Phi) is 6.87. The predicted octanol–water partition coefficient (Wildman–Crippen LogP) is 3.19. The monoisotopic (exact) mass is 409 g/mol. The van der Waals surface area contributed by atoms with Crippen LogP contribution in [0.2, 0.25) is 0 Å². The number of aliphatic imine (C=N–C) groups is 1. The molecule has 0 radical (unpaired) electrons. The van der Waals surface area contributed by atoms with Gasteiger partial charge in [-0.1, -0.05) is 41.9 Å². The van der Waals surface area contributed by atoms with Crippen LogP contribution in [0.25, 0.3) is 0 Å². The number of rotatable bonds is 4. The van der Waals surface area contributed by atoms with Gasteiger partial charge in [0.25, 0.3) is 0 Å². The fourth-order valence-electron chi connectivity index (χ4n) is 3.13. The van der Waals surface area contributed by atoms with Gasteiger partial charge in [-0.05, 0) is 30.5 Å².